The van der Waals surface area contributed by atoms with Crippen molar-refractivity contribution in [3.63, 3.8) is 0 Å². The SMILES string of the molecule is C=C(Cc1cc(CC(=C)/C(C)=C\C(N)=C/C)cc(CC(=C)/C(C)=C\C(N)=C/C)c1)/C(C)=C\C(C)=C/C. The summed E-state index contributed by atoms with van der Waals surface area (Å²) in [6, 6.07) is 6.80. The molecule has 0 aromatic heterocycles. The van der Waals surface area contributed by atoms with Crippen LogP contribution in [0.15, 0.2) is 125 Å². The van der Waals surface area contributed by atoms with E-state index < -0.39 is 0 Å². The Labute approximate surface area is 220 Å². The molecule has 36 heavy (non-hydrogen) atoms. The zero-order valence-electron chi connectivity index (χ0n) is 23.6. The number of rotatable bonds is 12. The Kier molecular flexibility index (Phi) is 12.5. The normalized spacial score (nSPS) is 14.2. The van der Waals surface area contributed by atoms with Gasteiger partial charge in [0.05, 0.1) is 0 Å². The molecule has 0 aliphatic carbocycles. The molecule has 0 saturated heterocycles. The smallest absolute Gasteiger partial charge is 0.0273 e. The summed E-state index contributed by atoms with van der Waals surface area (Å²) in [6.07, 6.45) is 14.4. The molecule has 0 unspecified atom stereocenters. The van der Waals surface area contributed by atoms with Gasteiger partial charge in [0.1, 0.15) is 0 Å². The first-order valence-corrected chi connectivity index (χ1v) is 12.6. The van der Waals surface area contributed by atoms with Crippen LogP contribution in [0.3, 0.4) is 0 Å². The van der Waals surface area contributed by atoms with Crippen LogP contribution in [0.2, 0.25) is 0 Å². The third-order valence-electron chi connectivity index (χ3n) is 6.37. The van der Waals surface area contributed by atoms with Gasteiger partial charge in [0.15, 0.2) is 0 Å². The van der Waals surface area contributed by atoms with Crippen LogP contribution in [0.25, 0.3) is 0 Å². The van der Waals surface area contributed by atoms with E-state index in [1.165, 1.54) is 27.8 Å². The zero-order valence-corrected chi connectivity index (χ0v) is 23.6. The highest BCUT2D eigenvalue weighted by molar-refractivity contribution is 5.44. The van der Waals surface area contributed by atoms with Gasteiger partial charge in [0.2, 0.25) is 0 Å². The molecule has 1 rings (SSSR count). The maximum atomic E-state index is 6.01. The minimum atomic E-state index is 0.747. The van der Waals surface area contributed by atoms with Crippen molar-refractivity contribution in [3.8, 4) is 0 Å². The number of benzene rings is 1. The highest BCUT2D eigenvalue weighted by atomic mass is 14.6. The Morgan fingerprint density at radius 1 is 0.583 bits per heavy atom. The first-order chi connectivity index (χ1) is 16.9. The fourth-order valence-corrected chi connectivity index (χ4v) is 3.70. The Hall–Kier alpha value is -3.52. The summed E-state index contributed by atoms with van der Waals surface area (Å²) in [5, 5.41) is 0. The Balaban J connectivity index is 3.36. The molecule has 1 aromatic rings. The van der Waals surface area contributed by atoms with Crippen LogP contribution >= 0.6 is 0 Å². The fourth-order valence-electron chi connectivity index (χ4n) is 3.70. The van der Waals surface area contributed by atoms with Gasteiger partial charge < -0.3 is 11.5 Å². The lowest BCUT2D eigenvalue weighted by atomic mass is 9.91. The third-order valence-corrected chi connectivity index (χ3v) is 6.37. The summed E-state index contributed by atoms with van der Waals surface area (Å²) < 4.78 is 0. The summed E-state index contributed by atoms with van der Waals surface area (Å²) in [5.74, 6) is 0. The second-order valence-electron chi connectivity index (χ2n) is 9.59. The molecule has 192 valence electrons. The molecular weight excluding hydrogens is 436 g/mol. The minimum Gasteiger partial charge on any atom is -0.399 e. The first-order valence-electron chi connectivity index (χ1n) is 12.6. The van der Waals surface area contributed by atoms with Crippen LogP contribution in [0.1, 0.15) is 65.2 Å². The fraction of sp³-hybridized carbons (Fsp3) is 0.294. The summed E-state index contributed by atoms with van der Waals surface area (Å²) in [6.45, 7) is 27.3. The summed E-state index contributed by atoms with van der Waals surface area (Å²) in [4.78, 5) is 0. The van der Waals surface area contributed by atoms with E-state index in [0.29, 0.717) is 0 Å². The van der Waals surface area contributed by atoms with E-state index in [4.69, 9.17) is 11.5 Å². The predicted molar refractivity (Wildman–Crippen MR) is 162 cm³/mol. The van der Waals surface area contributed by atoms with Gasteiger partial charge in [-0.15, -0.1) is 0 Å². The second-order valence-corrected chi connectivity index (χ2v) is 9.59. The van der Waals surface area contributed by atoms with E-state index in [-0.39, 0.29) is 0 Å². The van der Waals surface area contributed by atoms with E-state index in [2.05, 4.69) is 84.7 Å². The predicted octanol–water partition coefficient (Wildman–Crippen LogP) is 8.51. The van der Waals surface area contributed by atoms with Crippen LogP contribution in [0.5, 0.6) is 0 Å². The Bertz CT molecular complexity index is 1010. The third kappa shape index (κ3) is 10.4. The van der Waals surface area contributed by atoms with Gasteiger partial charge in [-0.25, -0.2) is 0 Å². The summed E-state index contributed by atoms with van der Waals surface area (Å²) in [7, 11) is 0. The molecule has 0 heterocycles. The monoisotopic (exact) mass is 482 g/mol. The molecule has 0 aliphatic rings. The van der Waals surface area contributed by atoms with Gasteiger partial charge in [-0.3, -0.25) is 0 Å². The van der Waals surface area contributed by atoms with Crippen molar-refractivity contribution in [2.75, 3.05) is 0 Å². The highest BCUT2D eigenvalue weighted by Gasteiger charge is 2.09. The Morgan fingerprint density at radius 3 is 1.17 bits per heavy atom. The molecule has 0 amide bonds. The molecule has 0 fully saturated rings. The Morgan fingerprint density at radius 2 is 0.889 bits per heavy atom. The molecule has 0 bridgehead atoms. The molecule has 0 aliphatic heterocycles. The van der Waals surface area contributed by atoms with Crippen molar-refractivity contribution < 1.29 is 0 Å². The van der Waals surface area contributed by atoms with Gasteiger partial charge in [-0.05, 0) is 130 Å². The van der Waals surface area contributed by atoms with Gasteiger partial charge in [0.25, 0.3) is 0 Å². The second kappa shape index (κ2) is 14.8. The average molecular weight is 483 g/mol. The highest BCUT2D eigenvalue weighted by Crippen LogP contribution is 2.24. The molecule has 2 nitrogen and oxygen atoms in total. The first kappa shape index (κ1) is 30.5. The maximum Gasteiger partial charge on any atom is 0.0273 e. The molecule has 4 N–H and O–H groups in total. The van der Waals surface area contributed by atoms with Gasteiger partial charge in [0, 0.05) is 11.4 Å². The number of hydrogen-bond donors (Lipinski definition) is 2. The largest absolute Gasteiger partial charge is 0.399 e. The van der Waals surface area contributed by atoms with Crippen LogP contribution in [-0.4, -0.2) is 0 Å². The van der Waals surface area contributed by atoms with E-state index in [1.807, 2.05) is 38.2 Å². The lowest BCUT2D eigenvalue weighted by Gasteiger charge is -2.15. The van der Waals surface area contributed by atoms with Gasteiger partial charge in [-0.1, -0.05) is 67.8 Å². The van der Waals surface area contributed by atoms with Crippen molar-refractivity contribution in [2.45, 2.75) is 67.7 Å². The summed E-state index contributed by atoms with van der Waals surface area (Å²) >= 11 is 0. The van der Waals surface area contributed by atoms with Crippen LogP contribution < -0.4 is 11.5 Å². The van der Waals surface area contributed by atoms with Gasteiger partial charge >= 0.3 is 0 Å². The number of nitrogens with two attached hydrogens (primary N) is 2. The molecule has 1 aromatic carbocycles. The lowest BCUT2D eigenvalue weighted by molar-refractivity contribution is 1.07. The lowest BCUT2D eigenvalue weighted by Crippen LogP contribution is -2.01. The molecular formula is C34H46N2. The maximum absolute atomic E-state index is 6.01. The minimum absolute atomic E-state index is 0.747. The van der Waals surface area contributed by atoms with Crippen molar-refractivity contribution >= 4 is 0 Å². The van der Waals surface area contributed by atoms with E-state index in [1.54, 1.807) is 0 Å². The quantitative estimate of drug-likeness (QED) is 0.293. The van der Waals surface area contributed by atoms with Crippen LogP contribution in [0, 0.1) is 0 Å². The average Bonchev–Trinajstić information content (AvgIpc) is 2.83. The van der Waals surface area contributed by atoms with Crippen molar-refractivity contribution in [1.82, 2.24) is 0 Å². The van der Waals surface area contributed by atoms with Crippen molar-refractivity contribution in [1.29, 1.82) is 0 Å². The number of hydrogen-bond acceptors (Lipinski definition) is 2. The molecule has 0 saturated carbocycles. The van der Waals surface area contributed by atoms with E-state index in [0.717, 1.165) is 58.5 Å². The van der Waals surface area contributed by atoms with Crippen molar-refractivity contribution in [3.05, 3.63) is 141 Å². The van der Waals surface area contributed by atoms with Crippen LogP contribution in [0.4, 0.5) is 0 Å². The van der Waals surface area contributed by atoms with Gasteiger partial charge in [-0.2, -0.15) is 0 Å². The molecule has 2 heteroatoms. The molecule has 0 spiro atoms. The van der Waals surface area contributed by atoms with Crippen molar-refractivity contribution in [2.24, 2.45) is 11.5 Å². The number of allylic oxidation sites excluding steroid dienone is 13. The van der Waals surface area contributed by atoms with Crippen LogP contribution in [-0.2, 0) is 19.3 Å². The molecule has 0 radical (unpaired) electrons. The zero-order chi connectivity index (χ0) is 27.4. The van der Waals surface area contributed by atoms with E-state index in [9.17, 15) is 0 Å². The van der Waals surface area contributed by atoms with E-state index >= 15 is 0 Å². The molecule has 0 atom stereocenters. The summed E-state index contributed by atoms with van der Waals surface area (Å²) in [5.41, 5.74) is 25.0. The topological polar surface area (TPSA) is 52.0 Å². The standard InChI is InChI=1S/C34H46N2/c1-11-23(4)14-24(5)25(6)15-30-20-31(16-26(7)28(9)18-33(35)12-2)22-32(21-30)17-27(8)29(10)19-34(36)13-3/h11-14,18-22H,6-8,15-17,35-36H2,1-5,9-10H3/b23-11-,24-14-,28-18-,29-19-,33-12+,34-13+.